The molecule has 1 unspecified atom stereocenters. The van der Waals surface area contributed by atoms with E-state index in [1.165, 1.54) is 0 Å². The van der Waals surface area contributed by atoms with Gasteiger partial charge in [0, 0.05) is 12.6 Å². The number of hydrogen-bond donors (Lipinski definition) is 1. The monoisotopic (exact) mass is 160 g/mol. The van der Waals surface area contributed by atoms with E-state index in [1.54, 1.807) is 0 Å². The van der Waals surface area contributed by atoms with Gasteiger partial charge in [0.15, 0.2) is 0 Å². The smallest absolute Gasteiger partial charge is 0.0617 e. The second-order valence-electron chi connectivity index (χ2n) is 3.01. The number of nitrogens with two attached hydrogens (primary N) is 1. The first-order valence-corrected chi connectivity index (χ1v) is 4.14. The highest BCUT2D eigenvalue weighted by molar-refractivity contribution is 4.61. The van der Waals surface area contributed by atoms with Crippen LogP contribution in [0, 0.1) is 0 Å². The van der Waals surface area contributed by atoms with Gasteiger partial charge in [-0.15, -0.1) is 0 Å². The predicted octanol–water partition coefficient (Wildman–Crippen LogP) is 0.302. The first-order valence-electron chi connectivity index (χ1n) is 4.14. The fourth-order valence-corrected chi connectivity index (χ4v) is 0.777. The van der Waals surface area contributed by atoms with Gasteiger partial charge >= 0.3 is 0 Å². The van der Waals surface area contributed by atoms with E-state index in [2.05, 4.69) is 4.90 Å². The summed E-state index contributed by atoms with van der Waals surface area (Å²) in [4.78, 5) is 2.13. The average Bonchev–Trinajstić information content (AvgIpc) is 1.97. The molecule has 0 aliphatic heterocycles. The number of rotatable bonds is 6. The van der Waals surface area contributed by atoms with Gasteiger partial charge in [0.25, 0.3) is 0 Å². The van der Waals surface area contributed by atoms with Crippen molar-refractivity contribution in [1.82, 2.24) is 4.90 Å². The topological polar surface area (TPSA) is 38.5 Å². The Morgan fingerprint density at radius 1 is 1.45 bits per heavy atom. The van der Waals surface area contributed by atoms with Crippen molar-refractivity contribution in [3.05, 3.63) is 0 Å². The molecule has 0 aromatic heterocycles. The molecule has 0 fully saturated rings. The lowest BCUT2D eigenvalue weighted by molar-refractivity contribution is 0.128. The lowest BCUT2D eigenvalue weighted by atomic mass is 10.2. The lowest BCUT2D eigenvalue weighted by Gasteiger charge is -2.14. The molecule has 0 aromatic carbocycles. The molecule has 0 amide bonds. The number of hydrogen-bond acceptors (Lipinski definition) is 3. The summed E-state index contributed by atoms with van der Waals surface area (Å²) in [5.74, 6) is 0. The Labute approximate surface area is 69.5 Å². The normalized spacial score (nSPS) is 13.9. The highest BCUT2D eigenvalue weighted by Gasteiger charge is 2.01. The number of ether oxygens (including phenoxy) is 1. The van der Waals surface area contributed by atoms with Crippen LogP contribution in [-0.2, 0) is 4.74 Å². The summed E-state index contributed by atoms with van der Waals surface area (Å²) in [6.07, 6.45) is 1.01. The Balaban J connectivity index is 3.15. The van der Waals surface area contributed by atoms with Crippen molar-refractivity contribution in [3.63, 3.8) is 0 Å². The molecule has 0 rings (SSSR count). The van der Waals surface area contributed by atoms with E-state index in [0.29, 0.717) is 6.61 Å². The van der Waals surface area contributed by atoms with Gasteiger partial charge in [-0.2, -0.15) is 0 Å². The molecule has 0 saturated heterocycles. The molecule has 0 radical (unpaired) electrons. The van der Waals surface area contributed by atoms with Crippen molar-refractivity contribution in [1.29, 1.82) is 0 Å². The van der Waals surface area contributed by atoms with E-state index in [0.717, 1.165) is 19.6 Å². The van der Waals surface area contributed by atoms with E-state index >= 15 is 0 Å². The Morgan fingerprint density at radius 2 is 2.09 bits per heavy atom. The third kappa shape index (κ3) is 7.78. The van der Waals surface area contributed by atoms with Crippen LogP contribution >= 0.6 is 0 Å². The van der Waals surface area contributed by atoms with Crippen molar-refractivity contribution >= 4 is 0 Å². The molecule has 1 atom stereocenters. The summed E-state index contributed by atoms with van der Waals surface area (Å²) >= 11 is 0. The van der Waals surface area contributed by atoms with Gasteiger partial charge in [0.1, 0.15) is 0 Å². The minimum absolute atomic E-state index is 0.192. The molecule has 0 spiro atoms. The summed E-state index contributed by atoms with van der Waals surface area (Å²) in [5.41, 5.74) is 5.76. The van der Waals surface area contributed by atoms with E-state index in [1.807, 2.05) is 21.0 Å². The zero-order chi connectivity index (χ0) is 8.69. The second kappa shape index (κ2) is 6.58. The van der Waals surface area contributed by atoms with Crippen molar-refractivity contribution in [2.24, 2.45) is 5.73 Å². The fraction of sp³-hybridized carbons (Fsp3) is 1.00. The van der Waals surface area contributed by atoms with Gasteiger partial charge in [0.2, 0.25) is 0 Å². The predicted molar refractivity (Wildman–Crippen MR) is 47.6 cm³/mol. The minimum Gasteiger partial charge on any atom is -0.380 e. The van der Waals surface area contributed by atoms with Crippen LogP contribution in [0.2, 0.25) is 0 Å². The summed E-state index contributed by atoms with van der Waals surface area (Å²) in [5, 5.41) is 0. The maximum atomic E-state index is 5.76. The molecule has 0 saturated carbocycles. The maximum Gasteiger partial charge on any atom is 0.0617 e. The van der Waals surface area contributed by atoms with E-state index in [-0.39, 0.29) is 6.04 Å². The molecule has 2 N–H and O–H groups in total. The zero-order valence-corrected chi connectivity index (χ0v) is 7.84. The van der Waals surface area contributed by atoms with Crippen LogP contribution in [0.5, 0.6) is 0 Å². The van der Waals surface area contributed by atoms with Crippen LogP contribution in [0.25, 0.3) is 0 Å². The van der Waals surface area contributed by atoms with Crippen LogP contribution in [0.4, 0.5) is 0 Å². The third-order valence-corrected chi connectivity index (χ3v) is 1.48. The second-order valence-corrected chi connectivity index (χ2v) is 3.01. The van der Waals surface area contributed by atoms with Crippen LogP contribution < -0.4 is 5.73 Å². The highest BCUT2D eigenvalue weighted by atomic mass is 16.5. The SMILES string of the molecule is CCOCC(N)CCN(C)C. The van der Waals surface area contributed by atoms with Gasteiger partial charge in [-0.25, -0.2) is 0 Å². The first-order chi connectivity index (χ1) is 5.16. The standard InChI is InChI=1S/C8H20N2O/c1-4-11-7-8(9)5-6-10(2)3/h8H,4-7,9H2,1-3H3. The Morgan fingerprint density at radius 3 is 2.55 bits per heavy atom. The Bertz CT molecular complexity index is 86.2. The van der Waals surface area contributed by atoms with Gasteiger partial charge in [-0.1, -0.05) is 0 Å². The van der Waals surface area contributed by atoms with Crippen molar-refractivity contribution in [2.45, 2.75) is 19.4 Å². The van der Waals surface area contributed by atoms with Crippen molar-refractivity contribution in [3.8, 4) is 0 Å². The van der Waals surface area contributed by atoms with Gasteiger partial charge < -0.3 is 15.4 Å². The molecule has 3 nitrogen and oxygen atoms in total. The van der Waals surface area contributed by atoms with Crippen LogP contribution in [0.15, 0.2) is 0 Å². The van der Waals surface area contributed by atoms with Crippen LogP contribution in [0.1, 0.15) is 13.3 Å². The van der Waals surface area contributed by atoms with E-state index < -0.39 is 0 Å². The zero-order valence-electron chi connectivity index (χ0n) is 7.84. The molecule has 0 aliphatic rings. The van der Waals surface area contributed by atoms with Crippen LogP contribution in [-0.4, -0.2) is 44.8 Å². The largest absolute Gasteiger partial charge is 0.380 e. The van der Waals surface area contributed by atoms with E-state index in [4.69, 9.17) is 10.5 Å². The molecule has 0 heterocycles. The van der Waals surface area contributed by atoms with E-state index in [9.17, 15) is 0 Å². The summed E-state index contributed by atoms with van der Waals surface area (Å²) in [6, 6.07) is 0.192. The first kappa shape index (κ1) is 10.9. The molecule has 11 heavy (non-hydrogen) atoms. The number of nitrogens with zero attached hydrogens (tertiary/aromatic N) is 1. The maximum absolute atomic E-state index is 5.76. The van der Waals surface area contributed by atoms with Crippen molar-refractivity contribution < 1.29 is 4.74 Å². The highest BCUT2D eigenvalue weighted by Crippen LogP contribution is 1.90. The molecule has 68 valence electrons. The molecule has 0 aliphatic carbocycles. The Hall–Kier alpha value is -0.120. The summed E-state index contributed by atoms with van der Waals surface area (Å²) in [6.45, 7) is 4.47. The van der Waals surface area contributed by atoms with Gasteiger partial charge in [-0.3, -0.25) is 0 Å². The fourth-order valence-electron chi connectivity index (χ4n) is 0.777. The summed E-state index contributed by atoms with van der Waals surface area (Å²) < 4.78 is 5.18. The molecule has 0 aromatic rings. The molecule has 0 bridgehead atoms. The van der Waals surface area contributed by atoms with Gasteiger partial charge in [0.05, 0.1) is 6.61 Å². The average molecular weight is 160 g/mol. The summed E-state index contributed by atoms with van der Waals surface area (Å²) in [7, 11) is 4.10. The molecule has 3 heteroatoms. The Kier molecular flexibility index (Phi) is 6.51. The lowest BCUT2D eigenvalue weighted by Crippen LogP contribution is -2.30. The van der Waals surface area contributed by atoms with Crippen molar-refractivity contribution in [2.75, 3.05) is 33.9 Å². The van der Waals surface area contributed by atoms with Gasteiger partial charge in [-0.05, 0) is 34.0 Å². The van der Waals surface area contributed by atoms with Crippen LogP contribution in [0.3, 0.4) is 0 Å². The quantitative estimate of drug-likeness (QED) is 0.607. The molecular formula is C8H20N2O. The molecular weight excluding hydrogens is 140 g/mol. The minimum atomic E-state index is 0.192. The third-order valence-electron chi connectivity index (χ3n) is 1.48.